The zero-order valence-electron chi connectivity index (χ0n) is 21.8. The van der Waals surface area contributed by atoms with E-state index in [1.54, 1.807) is 29.2 Å². The quantitative estimate of drug-likeness (QED) is 0.251. The molecule has 2 saturated heterocycles. The third-order valence-electron chi connectivity index (χ3n) is 7.53. The van der Waals surface area contributed by atoms with Crippen LogP contribution in [0, 0.1) is 12.3 Å². The highest BCUT2D eigenvalue weighted by Crippen LogP contribution is 2.28. The van der Waals surface area contributed by atoms with Crippen molar-refractivity contribution in [3.63, 3.8) is 0 Å². The number of amides is 2. The maximum Gasteiger partial charge on any atom is 0.310 e. The second-order valence-corrected chi connectivity index (χ2v) is 13.0. The van der Waals surface area contributed by atoms with Crippen molar-refractivity contribution in [2.45, 2.75) is 56.0 Å². The Morgan fingerprint density at radius 3 is 2.90 bits per heavy atom. The molecule has 3 aliphatic rings. The van der Waals surface area contributed by atoms with E-state index in [-0.39, 0.29) is 53.9 Å². The Hall–Kier alpha value is -3.35. The summed E-state index contributed by atoms with van der Waals surface area (Å²) in [5.41, 5.74) is 2.10. The molecule has 2 fully saturated rings. The van der Waals surface area contributed by atoms with Gasteiger partial charge in [-0.2, -0.15) is 4.31 Å². The second kappa shape index (κ2) is 10.6. The molecule has 3 atom stereocenters. The van der Waals surface area contributed by atoms with E-state index < -0.39 is 16.1 Å². The van der Waals surface area contributed by atoms with Gasteiger partial charge in [0, 0.05) is 66.6 Å². The molecule has 0 saturated carbocycles. The van der Waals surface area contributed by atoms with Gasteiger partial charge in [0.15, 0.2) is 0 Å². The Morgan fingerprint density at radius 2 is 2.12 bits per heavy atom. The Balaban J connectivity index is 1.24. The molecular formula is C26H29N7O5S2. The number of benzene rings is 1. The van der Waals surface area contributed by atoms with E-state index in [9.17, 15) is 18.0 Å². The lowest BCUT2D eigenvalue weighted by atomic mass is 10.1. The van der Waals surface area contributed by atoms with E-state index >= 15 is 0 Å². The minimum atomic E-state index is -3.89. The highest BCUT2D eigenvalue weighted by Gasteiger charge is 2.39. The number of nitrogens with zero attached hydrogens (tertiary/aromatic N) is 3. The molecule has 14 heteroatoms. The van der Waals surface area contributed by atoms with E-state index in [0.29, 0.717) is 48.0 Å². The fourth-order valence-corrected chi connectivity index (χ4v) is 7.48. The van der Waals surface area contributed by atoms with Crippen LogP contribution in [0.25, 0.3) is 10.9 Å². The molecule has 2 amide bonds. The van der Waals surface area contributed by atoms with E-state index in [0.717, 1.165) is 17.6 Å². The summed E-state index contributed by atoms with van der Waals surface area (Å²) in [6.07, 6.45) is 6.85. The van der Waals surface area contributed by atoms with Gasteiger partial charge in [-0.1, -0.05) is 5.92 Å². The minimum Gasteiger partial charge on any atom is -0.436 e. The van der Waals surface area contributed by atoms with Gasteiger partial charge in [0.05, 0.1) is 18.4 Å². The summed E-state index contributed by atoms with van der Waals surface area (Å²) in [7, 11) is -3.89. The molecule has 3 aromatic rings. The van der Waals surface area contributed by atoms with E-state index in [2.05, 4.69) is 31.2 Å². The zero-order valence-corrected chi connectivity index (χ0v) is 23.4. The average Bonchev–Trinajstić information content (AvgIpc) is 3.68. The number of piperazine rings is 1. The summed E-state index contributed by atoms with van der Waals surface area (Å²) in [6, 6.07) is 6.63. The normalized spacial score (nSPS) is 23.6. The molecule has 210 valence electrons. The number of aromatic amines is 1. The van der Waals surface area contributed by atoms with Crippen molar-refractivity contribution in [1.29, 1.82) is 0 Å². The van der Waals surface area contributed by atoms with Crippen molar-refractivity contribution in [3.8, 4) is 12.3 Å². The number of sulfonamides is 1. The number of fused-ring (bicyclic) bond motifs is 2. The van der Waals surface area contributed by atoms with Crippen molar-refractivity contribution >= 4 is 44.0 Å². The predicted molar refractivity (Wildman–Crippen MR) is 149 cm³/mol. The number of hydrogen-bond acceptors (Lipinski definition) is 9. The van der Waals surface area contributed by atoms with Crippen molar-refractivity contribution < 1.29 is 22.4 Å². The van der Waals surface area contributed by atoms with Crippen LogP contribution < -0.4 is 15.4 Å². The topological polar surface area (TPSA) is 153 Å². The molecule has 2 aromatic heterocycles. The monoisotopic (exact) mass is 583 g/mol. The van der Waals surface area contributed by atoms with E-state index in [1.165, 1.54) is 4.31 Å². The molecule has 3 aliphatic heterocycles. The first kappa shape index (κ1) is 26.9. The maximum atomic E-state index is 13.7. The second-order valence-electron chi connectivity index (χ2n) is 10.3. The number of nitrogens with one attached hydrogen (secondary N) is 4. The number of hydrogen-bond donors (Lipinski definition) is 4. The van der Waals surface area contributed by atoms with Crippen LogP contribution in [0.2, 0.25) is 0 Å². The first-order valence-corrected chi connectivity index (χ1v) is 15.3. The summed E-state index contributed by atoms with van der Waals surface area (Å²) in [4.78, 5) is 34.4. The molecule has 40 heavy (non-hydrogen) atoms. The van der Waals surface area contributed by atoms with E-state index in [1.807, 2.05) is 6.92 Å². The molecule has 0 aliphatic carbocycles. The number of carbonyl (C=O) groups excluding carboxylic acids is 2. The molecule has 1 aromatic carbocycles. The summed E-state index contributed by atoms with van der Waals surface area (Å²) in [5.74, 6) is 2.87. The summed E-state index contributed by atoms with van der Waals surface area (Å²) in [5, 5.41) is 6.72. The smallest absolute Gasteiger partial charge is 0.310 e. The van der Waals surface area contributed by atoms with Crippen LogP contribution in [0.15, 0.2) is 33.7 Å². The fourth-order valence-electron chi connectivity index (χ4n) is 5.37. The van der Waals surface area contributed by atoms with Crippen molar-refractivity contribution in [2.24, 2.45) is 0 Å². The molecule has 12 nitrogen and oxygen atoms in total. The lowest BCUT2D eigenvalue weighted by molar-refractivity contribution is 0.0502. The molecule has 6 rings (SSSR count). The van der Waals surface area contributed by atoms with Gasteiger partial charge < -0.3 is 24.9 Å². The maximum absolute atomic E-state index is 13.7. The van der Waals surface area contributed by atoms with Crippen LogP contribution in [0.5, 0.6) is 0 Å². The van der Waals surface area contributed by atoms with Gasteiger partial charge in [-0.25, -0.2) is 18.1 Å². The minimum absolute atomic E-state index is 0.0185. The van der Waals surface area contributed by atoms with Gasteiger partial charge in [-0.05, 0) is 44.0 Å². The molecule has 3 unspecified atom stereocenters. The molecular weight excluding hydrogens is 554 g/mol. The molecule has 0 spiro atoms. The number of carbonyl (C=O) groups is 2. The van der Waals surface area contributed by atoms with Gasteiger partial charge in [0.25, 0.3) is 21.2 Å². The number of H-pyrrole nitrogens is 1. The Morgan fingerprint density at radius 1 is 1.27 bits per heavy atom. The third-order valence-corrected chi connectivity index (χ3v) is 10.0. The number of rotatable bonds is 6. The predicted octanol–water partition coefficient (Wildman–Crippen LogP) is 1.75. The average molecular weight is 584 g/mol. The van der Waals surface area contributed by atoms with Gasteiger partial charge in [-0.15, -0.1) is 6.42 Å². The van der Waals surface area contributed by atoms with Crippen molar-refractivity contribution in [1.82, 2.24) is 34.5 Å². The Bertz CT molecular complexity index is 1630. The number of aromatic nitrogens is 2. The summed E-state index contributed by atoms with van der Waals surface area (Å²) < 4.78 is 37.7. The molecule has 4 N–H and O–H groups in total. The van der Waals surface area contributed by atoms with Crippen LogP contribution in [-0.2, 0) is 23.0 Å². The van der Waals surface area contributed by atoms with Crippen LogP contribution in [0.4, 0.5) is 4.79 Å². The van der Waals surface area contributed by atoms with Crippen molar-refractivity contribution in [2.75, 3.05) is 19.6 Å². The highest BCUT2D eigenvalue weighted by atomic mass is 32.2. The van der Waals surface area contributed by atoms with Crippen LogP contribution >= 0.6 is 11.9 Å². The summed E-state index contributed by atoms with van der Waals surface area (Å²) in [6.45, 7) is 2.92. The van der Waals surface area contributed by atoms with Gasteiger partial charge in [0.2, 0.25) is 0 Å². The SMILES string of the molecule is C#Cc1ccc2[nH]c(S(=O)(=O)N3CCN(C(=O)c4nc5c(o4)CNC(C)C5)C(CCC4NSC(=O)N4)C3)cc2c1. The van der Waals surface area contributed by atoms with Crippen molar-refractivity contribution in [3.05, 3.63) is 47.2 Å². The number of oxazole rings is 1. The van der Waals surface area contributed by atoms with Crippen LogP contribution in [0.3, 0.4) is 0 Å². The van der Waals surface area contributed by atoms with Gasteiger partial charge in [-0.3, -0.25) is 9.59 Å². The largest absolute Gasteiger partial charge is 0.436 e. The first-order chi connectivity index (χ1) is 19.2. The zero-order chi connectivity index (χ0) is 28.0. The third kappa shape index (κ3) is 5.11. The lowest BCUT2D eigenvalue weighted by Gasteiger charge is -2.40. The fraction of sp³-hybridized carbons (Fsp3) is 0.423. The van der Waals surface area contributed by atoms with Gasteiger partial charge >= 0.3 is 5.91 Å². The summed E-state index contributed by atoms with van der Waals surface area (Å²) >= 11 is 0.984. The first-order valence-electron chi connectivity index (χ1n) is 13.1. The van der Waals surface area contributed by atoms with Gasteiger partial charge in [0.1, 0.15) is 10.8 Å². The molecule has 0 bridgehead atoms. The molecule has 5 heterocycles. The lowest BCUT2D eigenvalue weighted by Crippen LogP contribution is -2.56. The van der Waals surface area contributed by atoms with E-state index in [4.69, 9.17) is 10.8 Å². The Labute approximate surface area is 235 Å². The standard InChI is InChI=1S/C26H29N7O5S2/c1-3-16-4-6-19-17(11-16)12-23(28-19)40(36,37)32-8-9-33(18(14-32)5-7-22-30-26(35)39-31-22)25(34)24-29-20-10-15(2)27-13-21(20)38-24/h1,4,6,11-12,15,18,22,27-28,31H,5,7-10,13-14H2,2H3,(H,30,35). The molecule has 0 radical (unpaired) electrons. The Kier molecular flexibility index (Phi) is 7.09. The highest BCUT2D eigenvalue weighted by molar-refractivity contribution is 8.12. The number of terminal acetylenes is 1. The van der Waals surface area contributed by atoms with Crippen LogP contribution in [0.1, 0.15) is 47.5 Å². The van der Waals surface area contributed by atoms with Crippen LogP contribution in [-0.4, -0.2) is 76.6 Å².